The number of aliphatic hydroxyl groups is 1. The van der Waals surface area contributed by atoms with Gasteiger partial charge in [0, 0.05) is 11.3 Å². The Hall–Kier alpha value is 0.140. The highest BCUT2D eigenvalue weighted by Gasteiger charge is 2.41. The van der Waals surface area contributed by atoms with Gasteiger partial charge in [-0.05, 0) is 58.7 Å². The van der Waals surface area contributed by atoms with Crippen LogP contribution in [0.15, 0.2) is 15.9 Å². The van der Waals surface area contributed by atoms with Crippen LogP contribution in [0.4, 0.5) is 0 Å². The minimum atomic E-state index is -0.508. The zero-order chi connectivity index (χ0) is 12.7. The molecule has 1 saturated carbocycles. The van der Waals surface area contributed by atoms with Gasteiger partial charge < -0.3 is 5.11 Å². The Morgan fingerprint density at radius 2 is 2.12 bits per heavy atom. The summed E-state index contributed by atoms with van der Waals surface area (Å²) in [4.78, 5) is 1.28. The predicted molar refractivity (Wildman–Crippen MR) is 77.5 cm³/mol. The molecule has 1 aromatic rings. The second kappa shape index (κ2) is 4.67. The molecule has 0 aromatic carbocycles. The summed E-state index contributed by atoms with van der Waals surface area (Å²) in [6.07, 6.45) is 3.88. The average molecular weight is 317 g/mol. The summed E-state index contributed by atoms with van der Waals surface area (Å²) in [5.74, 6) is 0.618. The molecule has 3 heteroatoms. The second-order valence-electron chi connectivity index (χ2n) is 6.46. The Labute approximate surface area is 116 Å². The first-order chi connectivity index (χ1) is 7.78. The zero-order valence-corrected chi connectivity index (χ0v) is 13.2. The van der Waals surface area contributed by atoms with Crippen molar-refractivity contribution in [1.29, 1.82) is 0 Å². The molecule has 1 aliphatic rings. The van der Waals surface area contributed by atoms with Crippen molar-refractivity contribution in [3.05, 3.63) is 20.8 Å². The normalized spacial score (nSPS) is 32.6. The average Bonchev–Trinajstić information content (AvgIpc) is 2.44. The van der Waals surface area contributed by atoms with E-state index >= 15 is 0 Å². The van der Waals surface area contributed by atoms with Gasteiger partial charge in [-0.3, -0.25) is 0 Å². The lowest BCUT2D eigenvalue weighted by molar-refractivity contribution is -0.0569. The lowest BCUT2D eigenvalue weighted by Gasteiger charge is -2.44. The van der Waals surface area contributed by atoms with Crippen LogP contribution in [-0.4, -0.2) is 10.7 Å². The maximum absolute atomic E-state index is 10.8. The predicted octanol–water partition coefficient (Wildman–Crippen LogP) is 4.63. The maximum atomic E-state index is 10.8. The largest absolute Gasteiger partial charge is 0.389 e. The van der Waals surface area contributed by atoms with Gasteiger partial charge in [-0.2, -0.15) is 0 Å². The van der Waals surface area contributed by atoms with Gasteiger partial charge in [0.15, 0.2) is 0 Å². The standard InChI is InChI=1S/C14H21BrOS/c1-10-6-13(2,3)9-14(16,7-10)8-11-4-5-12(15)17-11/h4-5,10,16H,6-9H2,1-3H3. The van der Waals surface area contributed by atoms with E-state index in [1.807, 2.05) is 0 Å². The van der Waals surface area contributed by atoms with Gasteiger partial charge in [0.05, 0.1) is 9.39 Å². The molecule has 0 spiro atoms. The van der Waals surface area contributed by atoms with Gasteiger partial charge in [0.25, 0.3) is 0 Å². The Morgan fingerprint density at radius 3 is 2.65 bits per heavy atom. The summed E-state index contributed by atoms with van der Waals surface area (Å²) in [5.41, 5.74) is -0.244. The van der Waals surface area contributed by atoms with Crippen LogP contribution in [0.3, 0.4) is 0 Å². The Bertz CT molecular complexity index is 399. The number of rotatable bonds is 2. The molecule has 1 aromatic heterocycles. The molecule has 1 nitrogen and oxygen atoms in total. The van der Waals surface area contributed by atoms with Crippen LogP contribution in [-0.2, 0) is 6.42 Å². The molecular weight excluding hydrogens is 296 g/mol. The molecule has 1 fully saturated rings. The molecule has 0 radical (unpaired) electrons. The van der Waals surface area contributed by atoms with Crippen molar-refractivity contribution in [2.45, 2.75) is 52.1 Å². The minimum Gasteiger partial charge on any atom is -0.389 e. The molecule has 1 heterocycles. The molecule has 0 bridgehead atoms. The molecule has 1 N–H and O–H groups in total. The molecule has 1 aliphatic carbocycles. The molecule has 0 aliphatic heterocycles. The third-order valence-corrected chi connectivity index (χ3v) is 5.19. The summed E-state index contributed by atoms with van der Waals surface area (Å²) in [6, 6.07) is 4.19. The Morgan fingerprint density at radius 1 is 1.41 bits per heavy atom. The Balaban J connectivity index is 2.12. The molecule has 17 heavy (non-hydrogen) atoms. The summed E-state index contributed by atoms with van der Waals surface area (Å²) < 4.78 is 1.15. The van der Waals surface area contributed by atoms with Crippen LogP contribution in [0.5, 0.6) is 0 Å². The summed E-state index contributed by atoms with van der Waals surface area (Å²) in [6.45, 7) is 6.81. The van der Waals surface area contributed by atoms with E-state index in [0.717, 1.165) is 23.0 Å². The van der Waals surface area contributed by atoms with Crippen LogP contribution in [0, 0.1) is 11.3 Å². The number of hydrogen-bond acceptors (Lipinski definition) is 2. The first-order valence-corrected chi connectivity index (χ1v) is 7.86. The summed E-state index contributed by atoms with van der Waals surface area (Å²) in [5, 5.41) is 10.8. The quantitative estimate of drug-likeness (QED) is 0.843. The fraction of sp³-hybridized carbons (Fsp3) is 0.714. The van der Waals surface area contributed by atoms with E-state index in [9.17, 15) is 5.11 Å². The number of thiophene rings is 1. The van der Waals surface area contributed by atoms with E-state index in [0.29, 0.717) is 5.92 Å². The van der Waals surface area contributed by atoms with Crippen LogP contribution >= 0.6 is 27.3 Å². The van der Waals surface area contributed by atoms with E-state index < -0.39 is 5.60 Å². The third kappa shape index (κ3) is 3.55. The lowest BCUT2D eigenvalue weighted by atomic mass is 9.65. The minimum absolute atomic E-state index is 0.265. The summed E-state index contributed by atoms with van der Waals surface area (Å²) in [7, 11) is 0. The van der Waals surface area contributed by atoms with Gasteiger partial charge in [0.2, 0.25) is 0 Å². The van der Waals surface area contributed by atoms with Crippen LogP contribution in [0.25, 0.3) is 0 Å². The fourth-order valence-corrected chi connectivity index (χ4v) is 5.22. The smallest absolute Gasteiger partial charge is 0.0703 e. The second-order valence-corrected chi connectivity index (χ2v) is 9.01. The molecule has 2 unspecified atom stereocenters. The van der Waals surface area contributed by atoms with Gasteiger partial charge in [-0.1, -0.05) is 20.8 Å². The highest BCUT2D eigenvalue weighted by molar-refractivity contribution is 9.11. The lowest BCUT2D eigenvalue weighted by Crippen LogP contribution is -2.43. The highest BCUT2D eigenvalue weighted by atomic mass is 79.9. The van der Waals surface area contributed by atoms with E-state index in [4.69, 9.17) is 0 Å². The highest BCUT2D eigenvalue weighted by Crippen LogP contribution is 2.45. The van der Waals surface area contributed by atoms with Crippen LogP contribution in [0.2, 0.25) is 0 Å². The fourth-order valence-electron chi connectivity index (χ4n) is 3.60. The molecule has 0 amide bonds. The van der Waals surface area contributed by atoms with Crippen molar-refractivity contribution >= 4 is 27.3 Å². The molecular formula is C14H21BrOS. The van der Waals surface area contributed by atoms with Gasteiger partial charge in [-0.25, -0.2) is 0 Å². The first-order valence-electron chi connectivity index (χ1n) is 6.25. The molecule has 2 atom stereocenters. The number of halogens is 1. The molecule has 96 valence electrons. The SMILES string of the molecule is CC1CC(C)(C)CC(O)(Cc2ccc(Br)s2)C1. The molecule has 2 rings (SSSR count). The molecule has 0 saturated heterocycles. The van der Waals surface area contributed by atoms with Crippen molar-refractivity contribution < 1.29 is 5.11 Å². The van der Waals surface area contributed by atoms with Crippen LogP contribution < -0.4 is 0 Å². The van der Waals surface area contributed by atoms with Crippen molar-refractivity contribution in [1.82, 2.24) is 0 Å². The van der Waals surface area contributed by atoms with Crippen molar-refractivity contribution in [3.63, 3.8) is 0 Å². The third-order valence-electron chi connectivity index (χ3n) is 3.57. The van der Waals surface area contributed by atoms with Crippen LogP contribution in [0.1, 0.15) is 44.9 Å². The van der Waals surface area contributed by atoms with Crippen molar-refractivity contribution in [2.75, 3.05) is 0 Å². The van der Waals surface area contributed by atoms with Crippen molar-refractivity contribution in [3.8, 4) is 0 Å². The maximum Gasteiger partial charge on any atom is 0.0703 e. The van der Waals surface area contributed by atoms with E-state index in [1.54, 1.807) is 11.3 Å². The Kier molecular flexibility index (Phi) is 3.73. The summed E-state index contributed by atoms with van der Waals surface area (Å²) >= 11 is 5.22. The van der Waals surface area contributed by atoms with E-state index in [2.05, 4.69) is 48.8 Å². The van der Waals surface area contributed by atoms with E-state index in [-0.39, 0.29) is 5.41 Å². The number of hydrogen-bond donors (Lipinski definition) is 1. The first kappa shape index (κ1) is 13.6. The van der Waals surface area contributed by atoms with Gasteiger partial charge >= 0.3 is 0 Å². The van der Waals surface area contributed by atoms with E-state index in [1.165, 1.54) is 11.3 Å². The van der Waals surface area contributed by atoms with Crippen molar-refractivity contribution in [2.24, 2.45) is 11.3 Å². The monoisotopic (exact) mass is 316 g/mol. The van der Waals surface area contributed by atoms with Gasteiger partial charge in [-0.15, -0.1) is 11.3 Å². The zero-order valence-electron chi connectivity index (χ0n) is 10.8. The van der Waals surface area contributed by atoms with Gasteiger partial charge in [0.1, 0.15) is 0 Å². The topological polar surface area (TPSA) is 20.2 Å².